The summed E-state index contributed by atoms with van der Waals surface area (Å²) in [6.07, 6.45) is -0.854. The van der Waals surface area contributed by atoms with Crippen LogP contribution in [0.4, 0.5) is 14.5 Å². The molecule has 0 spiro atoms. The maximum atomic E-state index is 13.6. The molecule has 0 aliphatic heterocycles. The van der Waals surface area contributed by atoms with E-state index < -0.39 is 17.7 Å². The molecule has 114 valence electrons. The summed E-state index contributed by atoms with van der Waals surface area (Å²) in [5.41, 5.74) is -0.254. The lowest BCUT2D eigenvalue weighted by molar-refractivity contribution is 0.0358. The Bertz CT molecular complexity index is 557. The fourth-order valence-corrected chi connectivity index (χ4v) is 2.72. The average molecular weight is 378 g/mol. The molecule has 1 atom stereocenters. The predicted molar refractivity (Wildman–Crippen MR) is 82.5 cm³/mol. The monoisotopic (exact) mass is 377 g/mol. The molecule has 0 bridgehead atoms. The molecule has 3 nitrogen and oxygen atoms in total. The molecule has 21 heavy (non-hydrogen) atoms. The molecule has 0 fully saturated rings. The molecule has 2 aromatic rings. The third kappa shape index (κ3) is 5.03. The summed E-state index contributed by atoms with van der Waals surface area (Å²) in [6.45, 7) is 0.500. The van der Waals surface area contributed by atoms with Gasteiger partial charge in [0.15, 0.2) is 0 Å². The van der Waals surface area contributed by atoms with E-state index in [1.54, 1.807) is 11.3 Å². The molecule has 1 heterocycles. The number of hydrogen-bond donors (Lipinski definition) is 2. The lowest BCUT2D eigenvalue weighted by atomic mass is 10.2. The second-order valence-corrected chi connectivity index (χ2v) is 6.32. The van der Waals surface area contributed by atoms with Crippen LogP contribution in [0.25, 0.3) is 0 Å². The van der Waals surface area contributed by atoms with Gasteiger partial charge < -0.3 is 15.2 Å². The Hall–Kier alpha value is -1.02. The maximum Gasteiger partial charge on any atom is 0.150 e. The van der Waals surface area contributed by atoms with E-state index in [9.17, 15) is 13.9 Å². The van der Waals surface area contributed by atoms with Gasteiger partial charge in [-0.1, -0.05) is 22.0 Å². The van der Waals surface area contributed by atoms with Gasteiger partial charge in [0.25, 0.3) is 0 Å². The first kappa shape index (κ1) is 16.4. The Morgan fingerprint density at radius 1 is 1.33 bits per heavy atom. The highest BCUT2D eigenvalue weighted by molar-refractivity contribution is 9.10. The summed E-state index contributed by atoms with van der Waals surface area (Å²) in [5.74, 6) is -1.43. The highest BCUT2D eigenvalue weighted by atomic mass is 79.9. The van der Waals surface area contributed by atoms with Crippen molar-refractivity contribution in [3.05, 3.63) is 50.6 Å². The van der Waals surface area contributed by atoms with Gasteiger partial charge in [-0.3, -0.25) is 0 Å². The quantitative estimate of drug-likeness (QED) is 0.771. The van der Waals surface area contributed by atoms with E-state index in [1.807, 2.05) is 17.5 Å². The van der Waals surface area contributed by atoms with E-state index in [0.717, 1.165) is 17.0 Å². The molecule has 0 amide bonds. The zero-order valence-corrected chi connectivity index (χ0v) is 13.4. The smallest absolute Gasteiger partial charge is 0.150 e. The molecule has 2 rings (SSSR count). The van der Waals surface area contributed by atoms with Crippen LogP contribution in [0.2, 0.25) is 0 Å². The Morgan fingerprint density at radius 3 is 2.67 bits per heavy atom. The Balaban J connectivity index is 1.77. The highest BCUT2D eigenvalue weighted by Gasteiger charge is 2.12. The molecular weight excluding hydrogens is 364 g/mol. The lowest BCUT2D eigenvalue weighted by Crippen LogP contribution is -2.25. The van der Waals surface area contributed by atoms with Gasteiger partial charge in [-0.15, -0.1) is 11.3 Å². The Labute approximate surface area is 133 Å². The van der Waals surface area contributed by atoms with Crippen LogP contribution in [0.5, 0.6) is 0 Å². The number of halogens is 3. The zero-order valence-electron chi connectivity index (χ0n) is 11.0. The first-order valence-electron chi connectivity index (χ1n) is 6.23. The van der Waals surface area contributed by atoms with Gasteiger partial charge in [-0.25, -0.2) is 8.78 Å². The van der Waals surface area contributed by atoms with Crippen LogP contribution in [0.1, 0.15) is 4.88 Å². The van der Waals surface area contributed by atoms with Crippen LogP contribution in [0.3, 0.4) is 0 Å². The van der Waals surface area contributed by atoms with Crippen LogP contribution < -0.4 is 5.32 Å². The Kier molecular flexibility index (Phi) is 6.10. The molecular formula is C14H14BrF2NO2S. The van der Waals surface area contributed by atoms with Gasteiger partial charge in [0, 0.05) is 15.9 Å². The minimum Gasteiger partial charge on any atom is -0.389 e. The number of ether oxygens (including phenoxy) is 1. The standard InChI is InChI=1S/C14H14BrF2NO2S/c15-9-4-12(16)14(13(17)5-9)18-6-10(19)7-20-8-11-2-1-3-21-11/h1-5,10,18-19H,6-8H2. The molecule has 0 aliphatic rings. The molecule has 0 saturated carbocycles. The third-order valence-electron chi connectivity index (χ3n) is 2.66. The fourth-order valence-electron chi connectivity index (χ4n) is 1.68. The third-order valence-corrected chi connectivity index (χ3v) is 3.96. The van der Waals surface area contributed by atoms with E-state index >= 15 is 0 Å². The SMILES string of the molecule is OC(CNc1c(F)cc(Br)cc1F)COCc1cccs1. The summed E-state index contributed by atoms with van der Waals surface area (Å²) in [6, 6.07) is 6.17. The van der Waals surface area contributed by atoms with Crippen molar-refractivity contribution in [2.24, 2.45) is 0 Å². The van der Waals surface area contributed by atoms with Gasteiger partial charge in [-0.05, 0) is 23.6 Å². The van der Waals surface area contributed by atoms with Crippen molar-refractivity contribution in [1.29, 1.82) is 0 Å². The van der Waals surface area contributed by atoms with Crippen molar-refractivity contribution in [2.75, 3.05) is 18.5 Å². The zero-order chi connectivity index (χ0) is 15.2. The number of rotatable bonds is 7. The number of hydrogen-bond acceptors (Lipinski definition) is 4. The lowest BCUT2D eigenvalue weighted by Gasteiger charge is -2.14. The number of aliphatic hydroxyl groups is 1. The molecule has 0 aliphatic carbocycles. The first-order valence-corrected chi connectivity index (χ1v) is 7.90. The topological polar surface area (TPSA) is 41.5 Å². The number of aliphatic hydroxyl groups excluding tert-OH is 1. The molecule has 1 aromatic carbocycles. The van der Waals surface area contributed by atoms with Gasteiger partial charge in [0.1, 0.15) is 17.3 Å². The van der Waals surface area contributed by atoms with Crippen LogP contribution in [-0.2, 0) is 11.3 Å². The largest absolute Gasteiger partial charge is 0.389 e. The van der Waals surface area contributed by atoms with Crippen molar-refractivity contribution in [2.45, 2.75) is 12.7 Å². The van der Waals surface area contributed by atoms with Crippen LogP contribution in [-0.4, -0.2) is 24.4 Å². The van der Waals surface area contributed by atoms with Crippen LogP contribution in [0.15, 0.2) is 34.1 Å². The molecule has 1 aromatic heterocycles. The van der Waals surface area contributed by atoms with Crippen LogP contribution in [0, 0.1) is 11.6 Å². The molecule has 2 N–H and O–H groups in total. The van der Waals surface area contributed by atoms with E-state index in [0.29, 0.717) is 11.1 Å². The summed E-state index contributed by atoms with van der Waals surface area (Å²) < 4.78 is 32.8. The summed E-state index contributed by atoms with van der Waals surface area (Å²) in [5, 5.41) is 14.2. The van der Waals surface area contributed by atoms with Gasteiger partial charge in [-0.2, -0.15) is 0 Å². The van der Waals surface area contributed by atoms with Crippen molar-refractivity contribution in [1.82, 2.24) is 0 Å². The molecule has 0 saturated heterocycles. The van der Waals surface area contributed by atoms with E-state index in [2.05, 4.69) is 21.2 Å². The molecule has 7 heteroatoms. The van der Waals surface area contributed by atoms with Crippen molar-refractivity contribution >= 4 is 33.0 Å². The Morgan fingerprint density at radius 2 is 2.05 bits per heavy atom. The second kappa shape index (κ2) is 7.84. The number of benzene rings is 1. The summed E-state index contributed by atoms with van der Waals surface area (Å²) >= 11 is 4.57. The fraction of sp³-hybridized carbons (Fsp3) is 0.286. The van der Waals surface area contributed by atoms with Crippen molar-refractivity contribution in [3.63, 3.8) is 0 Å². The summed E-state index contributed by atoms with van der Waals surface area (Å²) in [7, 11) is 0. The van der Waals surface area contributed by atoms with E-state index in [1.165, 1.54) is 0 Å². The maximum absolute atomic E-state index is 13.6. The van der Waals surface area contributed by atoms with Crippen molar-refractivity contribution in [3.8, 4) is 0 Å². The van der Waals surface area contributed by atoms with Crippen LogP contribution >= 0.6 is 27.3 Å². The average Bonchev–Trinajstić information content (AvgIpc) is 2.90. The van der Waals surface area contributed by atoms with Gasteiger partial charge in [0.05, 0.1) is 19.3 Å². The number of nitrogens with one attached hydrogen (secondary N) is 1. The van der Waals surface area contributed by atoms with E-state index in [4.69, 9.17) is 4.74 Å². The first-order chi connectivity index (χ1) is 10.1. The highest BCUT2D eigenvalue weighted by Crippen LogP contribution is 2.23. The minimum absolute atomic E-state index is 0.0000865. The predicted octanol–water partition coefficient (Wildman–Crippen LogP) is 3.78. The van der Waals surface area contributed by atoms with Gasteiger partial charge >= 0.3 is 0 Å². The molecule has 1 unspecified atom stereocenters. The number of thiophene rings is 1. The van der Waals surface area contributed by atoms with Gasteiger partial charge in [0.2, 0.25) is 0 Å². The number of anilines is 1. The van der Waals surface area contributed by atoms with E-state index in [-0.39, 0.29) is 18.8 Å². The second-order valence-electron chi connectivity index (χ2n) is 4.37. The van der Waals surface area contributed by atoms with Crippen molar-refractivity contribution < 1.29 is 18.6 Å². The summed E-state index contributed by atoms with van der Waals surface area (Å²) in [4.78, 5) is 1.06. The minimum atomic E-state index is -0.854. The molecule has 0 radical (unpaired) electrons. The normalized spacial score (nSPS) is 12.4.